The number of ether oxygens (including phenoxy) is 1. The fourth-order valence-corrected chi connectivity index (χ4v) is 2.19. The third-order valence-electron chi connectivity index (χ3n) is 3.33. The van der Waals surface area contributed by atoms with E-state index < -0.39 is 0 Å². The van der Waals surface area contributed by atoms with E-state index in [4.69, 9.17) is 10.00 Å². The van der Waals surface area contributed by atoms with Gasteiger partial charge in [0.05, 0.1) is 24.4 Å². The molecular weight excluding hydrogens is 264 g/mol. The van der Waals surface area contributed by atoms with E-state index in [1.807, 2.05) is 20.9 Å². The predicted molar refractivity (Wildman–Crippen MR) is 82.4 cm³/mol. The summed E-state index contributed by atoms with van der Waals surface area (Å²) in [6.45, 7) is 3.97. The van der Waals surface area contributed by atoms with E-state index in [0.29, 0.717) is 11.3 Å². The number of nitriles is 1. The summed E-state index contributed by atoms with van der Waals surface area (Å²) in [5, 5.41) is 12.2. The highest BCUT2D eigenvalue weighted by Gasteiger charge is 2.15. The molecule has 0 spiro atoms. The monoisotopic (exact) mass is 282 g/mol. The van der Waals surface area contributed by atoms with Crippen LogP contribution in [0.5, 0.6) is 5.75 Å². The van der Waals surface area contributed by atoms with Crippen LogP contribution in [0.1, 0.15) is 23.9 Å². The highest BCUT2D eigenvalue weighted by Crippen LogP contribution is 2.33. The molecular formula is C16H18N4O. The average Bonchev–Trinajstić information content (AvgIpc) is 2.54. The van der Waals surface area contributed by atoms with Crippen molar-refractivity contribution in [3.8, 4) is 23.1 Å². The maximum Gasteiger partial charge on any atom is 0.133 e. The topological polar surface area (TPSA) is 70.8 Å². The molecule has 2 aromatic rings. The van der Waals surface area contributed by atoms with E-state index >= 15 is 0 Å². The molecule has 5 heteroatoms. The summed E-state index contributed by atoms with van der Waals surface area (Å²) in [5.41, 5.74) is 3.11. The molecule has 0 atom stereocenters. The van der Waals surface area contributed by atoms with Gasteiger partial charge in [0, 0.05) is 24.6 Å². The van der Waals surface area contributed by atoms with Gasteiger partial charge in [-0.2, -0.15) is 5.26 Å². The lowest BCUT2D eigenvalue weighted by molar-refractivity contribution is 0.416. The van der Waals surface area contributed by atoms with Gasteiger partial charge >= 0.3 is 0 Å². The van der Waals surface area contributed by atoms with Crippen molar-refractivity contribution >= 4 is 5.82 Å². The predicted octanol–water partition coefficient (Wildman–Crippen LogP) is 2.94. The van der Waals surface area contributed by atoms with Crippen LogP contribution in [0.4, 0.5) is 5.82 Å². The van der Waals surface area contributed by atoms with Gasteiger partial charge in [0.15, 0.2) is 0 Å². The first-order valence-corrected chi connectivity index (χ1v) is 6.78. The minimum atomic E-state index is 0.577. The summed E-state index contributed by atoms with van der Waals surface area (Å²) < 4.78 is 5.41. The standard InChI is InChI=1S/C16H18N4O/c1-5-14-19-15(10(2)16(18-3)20-14)12-8-11(9-17)6-7-13(12)21-4/h6-8H,5H2,1-4H3,(H,18,19,20). The van der Waals surface area contributed by atoms with Gasteiger partial charge in [0.2, 0.25) is 0 Å². The molecule has 1 N–H and O–H groups in total. The van der Waals surface area contributed by atoms with Crippen molar-refractivity contribution in [1.82, 2.24) is 9.97 Å². The second-order valence-corrected chi connectivity index (χ2v) is 4.59. The number of anilines is 1. The Bertz CT molecular complexity index is 704. The maximum absolute atomic E-state index is 9.11. The lowest BCUT2D eigenvalue weighted by atomic mass is 10.0. The molecule has 0 aliphatic carbocycles. The van der Waals surface area contributed by atoms with Crippen molar-refractivity contribution in [3.63, 3.8) is 0 Å². The largest absolute Gasteiger partial charge is 0.496 e. The molecule has 0 unspecified atom stereocenters. The Morgan fingerprint density at radius 2 is 2.10 bits per heavy atom. The Hall–Kier alpha value is -2.61. The molecule has 0 fully saturated rings. The Balaban J connectivity index is 2.74. The summed E-state index contributed by atoms with van der Waals surface area (Å²) >= 11 is 0. The van der Waals surface area contributed by atoms with E-state index in [1.54, 1.807) is 25.3 Å². The van der Waals surface area contributed by atoms with Crippen molar-refractivity contribution in [2.45, 2.75) is 20.3 Å². The van der Waals surface area contributed by atoms with Crippen LogP contribution in [0.2, 0.25) is 0 Å². The van der Waals surface area contributed by atoms with Crippen molar-refractivity contribution in [3.05, 3.63) is 35.2 Å². The fourth-order valence-electron chi connectivity index (χ4n) is 2.19. The van der Waals surface area contributed by atoms with Crippen molar-refractivity contribution in [1.29, 1.82) is 5.26 Å². The summed E-state index contributed by atoms with van der Waals surface area (Å²) in [6, 6.07) is 7.48. The number of aromatic nitrogens is 2. The molecule has 21 heavy (non-hydrogen) atoms. The quantitative estimate of drug-likeness (QED) is 0.933. The van der Waals surface area contributed by atoms with Crippen LogP contribution < -0.4 is 10.1 Å². The summed E-state index contributed by atoms with van der Waals surface area (Å²) in [7, 11) is 3.45. The number of hydrogen-bond acceptors (Lipinski definition) is 5. The SMILES string of the molecule is CCc1nc(NC)c(C)c(-c2cc(C#N)ccc2OC)n1. The summed E-state index contributed by atoms with van der Waals surface area (Å²) in [4.78, 5) is 9.08. The molecule has 2 rings (SSSR count). The van der Waals surface area contributed by atoms with E-state index in [2.05, 4.69) is 21.4 Å². The maximum atomic E-state index is 9.11. The van der Waals surface area contributed by atoms with Crippen LogP contribution in [0.25, 0.3) is 11.3 Å². The zero-order chi connectivity index (χ0) is 15.4. The number of hydrogen-bond donors (Lipinski definition) is 1. The Kier molecular flexibility index (Phi) is 4.39. The van der Waals surface area contributed by atoms with E-state index in [0.717, 1.165) is 34.9 Å². The molecule has 0 radical (unpaired) electrons. The van der Waals surface area contributed by atoms with Gasteiger partial charge < -0.3 is 10.1 Å². The van der Waals surface area contributed by atoms with Gasteiger partial charge in [-0.15, -0.1) is 0 Å². The number of methoxy groups -OCH3 is 1. The zero-order valence-corrected chi connectivity index (χ0v) is 12.7. The molecule has 0 bridgehead atoms. The van der Waals surface area contributed by atoms with E-state index in [-0.39, 0.29) is 0 Å². The van der Waals surface area contributed by atoms with Gasteiger partial charge in [-0.1, -0.05) is 6.92 Å². The highest BCUT2D eigenvalue weighted by molar-refractivity contribution is 5.74. The molecule has 1 aromatic carbocycles. The molecule has 0 aliphatic heterocycles. The third-order valence-corrected chi connectivity index (χ3v) is 3.33. The molecule has 0 saturated carbocycles. The molecule has 108 valence electrons. The number of nitrogens with zero attached hydrogens (tertiary/aromatic N) is 3. The zero-order valence-electron chi connectivity index (χ0n) is 12.7. The smallest absolute Gasteiger partial charge is 0.133 e. The fraction of sp³-hybridized carbons (Fsp3) is 0.312. The molecule has 1 aromatic heterocycles. The summed E-state index contributed by atoms with van der Waals surface area (Å²) in [5.74, 6) is 2.24. The van der Waals surface area contributed by atoms with Crippen LogP contribution in [0, 0.1) is 18.3 Å². The van der Waals surface area contributed by atoms with E-state index in [1.165, 1.54) is 0 Å². The van der Waals surface area contributed by atoms with Crippen LogP contribution in [0.3, 0.4) is 0 Å². The first kappa shape index (κ1) is 14.8. The minimum Gasteiger partial charge on any atom is -0.496 e. The first-order chi connectivity index (χ1) is 10.1. The molecule has 0 amide bonds. The van der Waals surface area contributed by atoms with Crippen molar-refractivity contribution < 1.29 is 4.74 Å². The van der Waals surface area contributed by atoms with Gasteiger partial charge in [0.25, 0.3) is 0 Å². The normalized spacial score (nSPS) is 10.0. The Morgan fingerprint density at radius 1 is 1.33 bits per heavy atom. The molecule has 5 nitrogen and oxygen atoms in total. The van der Waals surface area contributed by atoms with Crippen molar-refractivity contribution in [2.24, 2.45) is 0 Å². The third kappa shape index (κ3) is 2.79. The van der Waals surface area contributed by atoms with Crippen molar-refractivity contribution in [2.75, 3.05) is 19.5 Å². The highest BCUT2D eigenvalue weighted by atomic mass is 16.5. The van der Waals surface area contributed by atoms with Crippen LogP contribution >= 0.6 is 0 Å². The lowest BCUT2D eigenvalue weighted by Gasteiger charge is -2.14. The number of nitrogens with one attached hydrogen (secondary N) is 1. The number of rotatable bonds is 4. The Morgan fingerprint density at radius 3 is 2.67 bits per heavy atom. The van der Waals surface area contributed by atoms with Crippen LogP contribution in [-0.2, 0) is 6.42 Å². The van der Waals surface area contributed by atoms with Gasteiger partial charge in [-0.25, -0.2) is 9.97 Å². The van der Waals surface area contributed by atoms with Crippen LogP contribution in [0.15, 0.2) is 18.2 Å². The second kappa shape index (κ2) is 6.23. The van der Waals surface area contributed by atoms with Crippen LogP contribution in [-0.4, -0.2) is 24.1 Å². The first-order valence-electron chi connectivity index (χ1n) is 6.78. The molecule has 1 heterocycles. The lowest BCUT2D eigenvalue weighted by Crippen LogP contribution is -2.05. The molecule has 0 aliphatic rings. The number of benzene rings is 1. The van der Waals surface area contributed by atoms with Gasteiger partial charge in [-0.05, 0) is 25.1 Å². The minimum absolute atomic E-state index is 0.577. The Labute approximate surface area is 124 Å². The number of aryl methyl sites for hydroxylation is 1. The van der Waals surface area contributed by atoms with Gasteiger partial charge in [0.1, 0.15) is 17.4 Å². The second-order valence-electron chi connectivity index (χ2n) is 4.59. The van der Waals surface area contributed by atoms with Gasteiger partial charge in [-0.3, -0.25) is 0 Å². The molecule has 0 saturated heterocycles. The summed E-state index contributed by atoms with van der Waals surface area (Å²) in [6.07, 6.45) is 0.738. The van der Waals surface area contributed by atoms with E-state index in [9.17, 15) is 0 Å². The average molecular weight is 282 g/mol.